The van der Waals surface area contributed by atoms with E-state index in [0.29, 0.717) is 11.6 Å². The molecule has 2 aromatic rings. The van der Waals surface area contributed by atoms with Crippen molar-refractivity contribution in [2.75, 3.05) is 7.11 Å². The Bertz CT molecular complexity index is 453. The molecule has 0 radical (unpaired) electrons. The van der Waals surface area contributed by atoms with Gasteiger partial charge in [-0.2, -0.15) is 0 Å². The highest BCUT2D eigenvalue weighted by molar-refractivity contribution is 6.16. The van der Waals surface area contributed by atoms with E-state index in [0.717, 1.165) is 17.0 Å². The molecule has 0 bridgehead atoms. The van der Waals surface area contributed by atoms with Crippen molar-refractivity contribution in [3.8, 4) is 17.0 Å². The molecule has 0 fully saturated rings. The Morgan fingerprint density at radius 3 is 2.87 bits per heavy atom. The van der Waals surface area contributed by atoms with Crippen LogP contribution in [0.25, 0.3) is 11.3 Å². The molecule has 0 aliphatic heterocycles. The molecule has 0 spiro atoms. The van der Waals surface area contributed by atoms with Crippen molar-refractivity contribution in [1.82, 2.24) is 5.16 Å². The minimum absolute atomic E-state index is 0.322. The molecule has 1 heterocycles. The fourth-order valence-electron chi connectivity index (χ4n) is 1.36. The number of nitrogens with zero attached hydrogens (tertiary/aromatic N) is 1. The van der Waals surface area contributed by atoms with Crippen molar-refractivity contribution < 1.29 is 9.26 Å². The van der Waals surface area contributed by atoms with Crippen LogP contribution in [0.15, 0.2) is 34.9 Å². The monoisotopic (exact) mass is 223 g/mol. The molecule has 0 amide bonds. The number of para-hydroxylation sites is 1. The average molecular weight is 224 g/mol. The zero-order chi connectivity index (χ0) is 10.7. The van der Waals surface area contributed by atoms with Gasteiger partial charge >= 0.3 is 0 Å². The van der Waals surface area contributed by atoms with Gasteiger partial charge in [0, 0.05) is 11.6 Å². The standard InChI is InChI=1S/C11H10ClNO2/c1-14-11-5-3-2-4-9(11)10-6-8(7-12)15-13-10/h2-6H,7H2,1H3. The van der Waals surface area contributed by atoms with Gasteiger partial charge in [0.25, 0.3) is 0 Å². The summed E-state index contributed by atoms with van der Waals surface area (Å²) >= 11 is 5.64. The van der Waals surface area contributed by atoms with Crippen molar-refractivity contribution in [1.29, 1.82) is 0 Å². The lowest BCUT2D eigenvalue weighted by atomic mass is 10.1. The third-order valence-electron chi connectivity index (χ3n) is 2.07. The second-order valence-corrected chi connectivity index (χ2v) is 3.28. The van der Waals surface area contributed by atoms with Gasteiger partial charge < -0.3 is 9.26 Å². The number of hydrogen-bond donors (Lipinski definition) is 0. The third-order valence-corrected chi connectivity index (χ3v) is 2.34. The predicted molar refractivity (Wildman–Crippen MR) is 58.0 cm³/mol. The number of hydrogen-bond acceptors (Lipinski definition) is 3. The molecule has 0 saturated heterocycles. The molecule has 4 heteroatoms. The van der Waals surface area contributed by atoms with Gasteiger partial charge in [-0.1, -0.05) is 17.3 Å². The van der Waals surface area contributed by atoms with Gasteiger partial charge in [0.2, 0.25) is 0 Å². The number of methoxy groups -OCH3 is 1. The normalized spacial score (nSPS) is 10.3. The highest BCUT2D eigenvalue weighted by Gasteiger charge is 2.09. The van der Waals surface area contributed by atoms with Crippen LogP contribution in [0.2, 0.25) is 0 Å². The lowest BCUT2D eigenvalue weighted by molar-refractivity contribution is 0.394. The largest absolute Gasteiger partial charge is 0.496 e. The first-order valence-corrected chi connectivity index (χ1v) is 5.03. The second kappa shape index (κ2) is 4.36. The molecule has 0 unspecified atom stereocenters. The maximum atomic E-state index is 5.64. The summed E-state index contributed by atoms with van der Waals surface area (Å²) in [7, 11) is 1.63. The van der Waals surface area contributed by atoms with Crippen molar-refractivity contribution in [3.05, 3.63) is 36.1 Å². The quantitative estimate of drug-likeness (QED) is 0.750. The van der Waals surface area contributed by atoms with E-state index in [-0.39, 0.29) is 0 Å². The first-order chi connectivity index (χ1) is 7.35. The predicted octanol–water partition coefficient (Wildman–Crippen LogP) is 3.09. The fraction of sp³-hybridized carbons (Fsp3) is 0.182. The number of ether oxygens (including phenoxy) is 1. The maximum absolute atomic E-state index is 5.64. The molecule has 1 aromatic heterocycles. The van der Waals surface area contributed by atoms with E-state index in [1.807, 2.05) is 30.3 Å². The molecule has 1 aromatic carbocycles. The molecule has 78 valence electrons. The van der Waals surface area contributed by atoms with E-state index in [9.17, 15) is 0 Å². The molecule has 0 N–H and O–H groups in total. The molecule has 0 aliphatic carbocycles. The van der Waals surface area contributed by atoms with Crippen LogP contribution < -0.4 is 4.74 Å². The van der Waals surface area contributed by atoms with Gasteiger partial charge in [-0.05, 0) is 12.1 Å². The number of aromatic nitrogens is 1. The van der Waals surface area contributed by atoms with E-state index >= 15 is 0 Å². The summed E-state index contributed by atoms with van der Waals surface area (Å²) in [5.74, 6) is 1.74. The van der Waals surface area contributed by atoms with E-state index in [4.69, 9.17) is 20.9 Å². The Kier molecular flexibility index (Phi) is 2.92. The Morgan fingerprint density at radius 2 is 2.20 bits per heavy atom. The van der Waals surface area contributed by atoms with Gasteiger partial charge in [-0.15, -0.1) is 11.6 Å². The van der Waals surface area contributed by atoms with Crippen LogP contribution in [0.3, 0.4) is 0 Å². The summed E-state index contributed by atoms with van der Waals surface area (Å²) in [4.78, 5) is 0. The molecule has 2 rings (SSSR count). The number of rotatable bonds is 3. The molecule has 0 saturated carbocycles. The molecule has 15 heavy (non-hydrogen) atoms. The van der Waals surface area contributed by atoms with Crippen LogP contribution in [0.5, 0.6) is 5.75 Å². The molecular weight excluding hydrogens is 214 g/mol. The summed E-state index contributed by atoms with van der Waals surface area (Å²) in [6.45, 7) is 0. The Morgan fingerprint density at radius 1 is 1.40 bits per heavy atom. The highest BCUT2D eigenvalue weighted by atomic mass is 35.5. The minimum Gasteiger partial charge on any atom is -0.496 e. The van der Waals surface area contributed by atoms with E-state index < -0.39 is 0 Å². The average Bonchev–Trinajstić information content (AvgIpc) is 2.77. The van der Waals surface area contributed by atoms with Gasteiger partial charge in [-0.3, -0.25) is 0 Å². The second-order valence-electron chi connectivity index (χ2n) is 3.01. The van der Waals surface area contributed by atoms with E-state index in [1.54, 1.807) is 7.11 Å². The first kappa shape index (κ1) is 10.1. The highest BCUT2D eigenvalue weighted by Crippen LogP contribution is 2.29. The van der Waals surface area contributed by atoms with E-state index in [2.05, 4.69) is 5.16 Å². The van der Waals surface area contributed by atoms with Crippen LogP contribution >= 0.6 is 11.6 Å². The fourth-order valence-corrected chi connectivity index (χ4v) is 1.49. The third kappa shape index (κ3) is 1.97. The topological polar surface area (TPSA) is 35.3 Å². The van der Waals surface area contributed by atoms with Crippen molar-refractivity contribution >= 4 is 11.6 Å². The van der Waals surface area contributed by atoms with Crippen molar-refractivity contribution in [2.45, 2.75) is 5.88 Å². The Balaban J connectivity index is 2.44. The zero-order valence-corrected chi connectivity index (χ0v) is 8.99. The molecular formula is C11H10ClNO2. The van der Waals surface area contributed by atoms with Gasteiger partial charge in [0.05, 0.1) is 13.0 Å². The molecule has 0 aliphatic rings. The smallest absolute Gasteiger partial charge is 0.152 e. The lowest BCUT2D eigenvalue weighted by Gasteiger charge is -2.03. The van der Waals surface area contributed by atoms with Gasteiger partial charge in [-0.25, -0.2) is 0 Å². The Labute approximate surface area is 92.6 Å². The Hall–Kier alpha value is -1.48. The maximum Gasteiger partial charge on any atom is 0.152 e. The van der Waals surface area contributed by atoms with Crippen molar-refractivity contribution in [3.63, 3.8) is 0 Å². The van der Waals surface area contributed by atoms with Crippen LogP contribution in [0, 0.1) is 0 Å². The van der Waals surface area contributed by atoms with Crippen LogP contribution in [0.1, 0.15) is 5.76 Å². The first-order valence-electron chi connectivity index (χ1n) is 4.50. The molecule has 3 nitrogen and oxygen atoms in total. The number of alkyl halides is 1. The summed E-state index contributed by atoms with van der Waals surface area (Å²) < 4.78 is 10.3. The number of benzene rings is 1. The summed E-state index contributed by atoms with van der Waals surface area (Å²) in [6, 6.07) is 9.45. The zero-order valence-electron chi connectivity index (χ0n) is 8.24. The summed E-state index contributed by atoms with van der Waals surface area (Å²) in [5, 5.41) is 3.93. The number of halogens is 1. The summed E-state index contributed by atoms with van der Waals surface area (Å²) in [5.41, 5.74) is 1.64. The minimum atomic E-state index is 0.322. The van der Waals surface area contributed by atoms with Crippen LogP contribution in [-0.4, -0.2) is 12.3 Å². The van der Waals surface area contributed by atoms with Gasteiger partial charge in [0.15, 0.2) is 5.76 Å². The lowest BCUT2D eigenvalue weighted by Crippen LogP contribution is -1.86. The van der Waals surface area contributed by atoms with Crippen LogP contribution in [-0.2, 0) is 5.88 Å². The molecule has 0 atom stereocenters. The van der Waals surface area contributed by atoms with Crippen molar-refractivity contribution in [2.24, 2.45) is 0 Å². The van der Waals surface area contributed by atoms with Crippen LogP contribution in [0.4, 0.5) is 0 Å². The van der Waals surface area contributed by atoms with E-state index in [1.165, 1.54) is 0 Å². The van der Waals surface area contributed by atoms with Gasteiger partial charge in [0.1, 0.15) is 11.4 Å². The SMILES string of the molecule is COc1ccccc1-c1cc(CCl)on1. The summed E-state index contributed by atoms with van der Waals surface area (Å²) in [6.07, 6.45) is 0.